The molecule has 0 radical (unpaired) electrons. The molecule has 0 spiro atoms. The van der Waals surface area contributed by atoms with E-state index in [4.69, 9.17) is 0 Å². The van der Waals surface area contributed by atoms with Crippen LogP contribution in [0.25, 0.3) is 0 Å². The molecule has 18 heavy (non-hydrogen) atoms. The van der Waals surface area contributed by atoms with Gasteiger partial charge in [0.1, 0.15) is 0 Å². The predicted octanol–water partition coefficient (Wildman–Crippen LogP) is 4.43. The van der Waals surface area contributed by atoms with Gasteiger partial charge in [-0.05, 0) is 12.8 Å². The van der Waals surface area contributed by atoms with Crippen LogP contribution in [-0.2, 0) is 0 Å². The number of unbranched alkanes of at least 4 members (excludes halogenated alkanes) is 8. The van der Waals surface area contributed by atoms with Crippen LogP contribution in [0.15, 0.2) is 0 Å². The molecular weight excluding hydrogens is 224 g/mol. The monoisotopic (exact) mass is 258 g/mol. The maximum atomic E-state index is 9.77. The molecule has 0 heterocycles. The van der Waals surface area contributed by atoms with Crippen molar-refractivity contribution < 1.29 is 10.2 Å². The number of rotatable bonds is 13. The summed E-state index contributed by atoms with van der Waals surface area (Å²) in [6, 6.07) is 0. The minimum atomic E-state index is -0.505. The Morgan fingerprint density at radius 1 is 0.556 bits per heavy atom. The van der Waals surface area contributed by atoms with Gasteiger partial charge in [-0.15, -0.1) is 0 Å². The van der Waals surface area contributed by atoms with E-state index in [1.807, 2.05) is 0 Å². The molecule has 0 aromatic carbocycles. The lowest BCUT2D eigenvalue weighted by atomic mass is 10.0. The van der Waals surface area contributed by atoms with Crippen LogP contribution >= 0.6 is 0 Å². The standard InChI is InChI=1S/C16H34O2/c1-3-5-7-8-9-10-11-12-14-16(18)15(17)13-6-4-2/h15-18H,3-14H2,1-2H3. The molecule has 2 unspecified atom stereocenters. The fraction of sp³-hybridized carbons (Fsp3) is 1.00. The first-order chi connectivity index (χ1) is 8.72. The van der Waals surface area contributed by atoms with E-state index in [0.29, 0.717) is 0 Å². The summed E-state index contributed by atoms with van der Waals surface area (Å²) in [5, 5.41) is 19.5. The molecule has 2 nitrogen and oxygen atoms in total. The Balaban J connectivity index is 3.26. The molecule has 0 rings (SSSR count). The van der Waals surface area contributed by atoms with Crippen LogP contribution in [0.5, 0.6) is 0 Å². The SMILES string of the molecule is CCCCCCCCCCC(O)C(O)CCCC. The third-order valence-electron chi connectivity index (χ3n) is 3.65. The molecule has 0 aliphatic carbocycles. The highest BCUT2D eigenvalue weighted by Crippen LogP contribution is 2.14. The van der Waals surface area contributed by atoms with Gasteiger partial charge in [0.05, 0.1) is 12.2 Å². The van der Waals surface area contributed by atoms with Gasteiger partial charge in [0.2, 0.25) is 0 Å². The third-order valence-corrected chi connectivity index (χ3v) is 3.65. The molecule has 0 amide bonds. The summed E-state index contributed by atoms with van der Waals surface area (Å²) in [6.07, 6.45) is 12.9. The summed E-state index contributed by atoms with van der Waals surface area (Å²) in [4.78, 5) is 0. The van der Waals surface area contributed by atoms with Crippen molar-refractivity contribution in [3.63, 3.8) is 0 Å². The molecule has 0 bridgehead atoms. The average Bonchev–Trinajstić information content (AvgIpc) is 2.38. The summed E-state index contributed by atoms with van der Waals surface area (Å²) < 4.78 is 0. The Morgan fingerprint density at radius 2 is 0.944 bits per heavy atom. The van der Waals surface area contributed by atoms with Crippen molar-refractivity contribution in [2.45, 2.75) is 103 Å². The molecule has 2 N–H and O–H groups in total. The zero-order chi connectivity index (χ0) is 13.6. The van der Waals surface area contributed by atoms with E-state index in [0.717, 1.165) is 32.1 Å². The first kappa shape index (κ1) is 17.9. The lowest BCUT2D eigenvalue weighted by Gasteiger charge is -2.17. The van der Waals surface area contributed by atoms with Gasteiger partial charge < -0.3 is 10.2 Å². The van der Waals surface area contributed by atoms with Crippen molar-refractivity contribution in [3.8, 4) is 0 Å². The Bertz CT molecular complexity index is 159. The van der Waals surface area contributed by atoms with Crippen molar-refractivity contribution in [1.82, 2.24) is 0 Å². The number of aliphatic hydroxyl groups excluding tert-OH is 2. The lowest BCUT2D eigenvalue weighted by molar-refractivity contribution is 0.00738. The van der Waals surface area contributed by atoms with E-state index in [9.17, 15) is 10.2 Å². The maximum Gasteiger partial charge on any atom is 0.0799 e. The van der Waals surface area contributed by atoms with Gasteiger partial charge in [0, 0.05) is 0 Å². The van der Waals surface area contributed by atoms with Gasteiger partial charge in [-0.2, -0.15) is 0 Å². The molecule has 0 aliphatic rings. The minimum absolute atomic E-state index is 0.503. The molecule has 110 valence electrons. The van der Waals surface area contributed by atoms with E-state index in [2.05, 4.69) is 13.8 Å². The van der Waals surface area contributed by atoms with Gasteiger partial charge in [-0.25, -0.2) is 0 Å². The van der Waals surface area contributed by atoms with Crippen LogP contribution in [0, 0.1) is 0 Å². The molecule has 0 fully saturated rings. The molecular formula is C16H34O2. The van der Waals surface area contributed by atoms with Gasteiger partial charge in [-0.1, -0.05) is 78.1 Å². The first-order valence-electron chi connectivity index (χ1n) is 8.08. The second-order valence-corrected chi connectivity index (χ2v) is 5.54. The number of hydrogen-bond donors (Lipinski definition) is 2. The van der Waals surface area contributed by atoms with E-state index < -0.39 is 12.2 Å². The number of hydrogen-bond acceptors (Lipinski definition) is 2. The Labute approximate surface area is 114 Å². The van der Waals surface area contributed by atoms with Gasteiger partial charge in [0.15, 0.2) is 0 Å². The fourth-order valence-electron chi connectivity index (χ4n) is 2.29. The van der Waals surface area contributed by atoms with Crippen molar-refractivity contribution in [2.75, 3.05) is 0 Å². The molecule has 2 atom stereocenters. The maximum absolute atomic E-state index is 9.77. The Kier molecular flexibility index (Phi) is 13.3. The van der Waals surface area contributed by atoms with Crippen LogP contribution in [0.1, 0.15) is 90.9 Å². The van der Waals surface area contributed by atoms with Crippen LogP contribution in [0.3, 0.4) is 0 Å². The zero-order valence-corrected chi connectivity index (χ0v) is 12.5. The Hall–Kier alpha value is -0.0800. The van der Waals surface area contributed by atoms with Gasteiger partial charge in [0.25, 0.3) is 0 Å². The summed E-state index contributed by atoms with van der Waals surface area (Å²) in [7, 11) is 0. The molecule has 0 saturated carbocycles. The van der Waals surface area contributed by atoms with E-state index in [-0.39, 0.29) is 0 Å². The first-order valence-corrected chi connectivity index (χ1v) is 8.08. The quantitative estimate of drug-likeness (QED) is 0.480. The Morgan fingerprint density at radius 3 is 1.44 bits per heavy atom. The molecule has 0 aromatic rings. The lowest BCUT2D eigenvalue weighted by Crippen LogP contribution is -2.25. The van der Waals surface area contributed by atoms with Crippen molar-refractivity contribution >= 4 is 0 Å². The van der Waals surface area contributed by atoms with Gasteiger partial charge in [-0.3, -0.25) is 0 Å². The van der Waals surface area contributed by atoms with Crippen molar-refractivity contribution in [3.05, 3.63) is 0 Å². The largest absolute Gasteiger partial charge is 0.390 e. The van der Waals surface area contributed by atoms with E-state index in [1.165, 1.54) is 44.9 Å². The van der Waals surface area contributed by atoms with Crippen LogP contribution in [-0.4, -0.2) is 22.4 Å². The smallest absolute Gasteiger partial charge is 0.0799 e. The van der Waals surface area contributed by atoms with Crippen molar-refractivity contribution in [2.24, 2.45) is 0 Å². The summed E-state index contributed by atoms with van der Waals surface area (Å²) in [5.74, 6) is 0. The third kappa shape index (κ3) is 11.0. The van der Waals surface area contributed by atoms with E-state index >= 15 is 0 Å². The van der Waals surface area contributed by atoms with Crippen LogP contribution in [0.2, 0.25) is 0 Å². The number of aliphatic hydroxyl groups is 2. The van der Waals surface area contributed by atoms with E-state index in [1.54, 1.807) is 0 Å². The van der Waals surface area contributed by atoms with Crippen LogP contribution < -0.4 is 0 Å². The summed E-state index contributed by atoms with van der Waals surface area (Å²) >= 11 is 0. The van der Waals surface area contributed by atoms with Gasteiger partial charge >= 0.3 is 0 Å². The summed E-state index contributed by atoms with van der Waals surface area (Å²) in [5.41, 5.74) is 0. The second-order valence-electron chi connectivity index (χ2n) is 5.54. The highest BCUT2D eigenvalue weighted by atomic mass is 16.3. The molecule has 2 heteroatoms. The fourth-order valence-corrected chi connectivity index (χ4v) is 2.29. The zero-order valence-electron chi connectivity index (χ0n) is 12.5. The van der Waals surface area contributed by atoms with Crippen LogP contribution in [0.4, 0.5) is 0 Å². The van der Waals surface area contributed by atoms with Crippen molar-refractivity contribution in [1.29, 1.82) is 0 Å². The highest BCUT2D eigenvalue weighted by Gasteiger charge is 2.14. The molecule has 0 aromatic heterocycles. The summed E-state index contributed by atoms with van der Waals surface area (Å²) in [6.45, 7) is 4.35. The topological polar surface area (TPSA) is 40.5 Å². The molecule has 0 saturated heterocycles. The highest BCUT2D eigenvalue weighted by molar-refractivity contribution is 4.67. The minimum Gasteiger partial charge on any atom is -0.390 e. The predicted molar refractivity (Wildman–Crippen MR) is 78.8 cm³/mol. The normalized spacial score (nSPS) is 14.7. The second kappa shape index (κ2) is 13.4. The molecule has 0 aliphatic heterocycles. The average molecular weight is 258 g/mol.